The summed E-state index contributed by atoms with van der Waals surface area (Å²) in [6.07, 6.45) is 5.70. The highest BCUT2D eigenvalue weighted by Gasteiger charge is 2.21. The third-order valence-corrected chi connectivity index (χ3v) is 5.22. The first kappa shape index (κ1) is 20.9. The number of hydrogen-bond acceptors (Lipinski definition) is 5. The number of nitrogens with one attached hydrogen (secondary N) is 3. The minimum Gasteiger partial charge on any atom is -0.494 e. The number of benzene rings is 1. The molecule has 0 aliphatic heterocycles. The van der Waals surface area contributed by atoms with Gasteiger partial charge in [-0.25, -0.2) is 0 Å². The van der Waals surface area contributed by atoms with E-state index in [2.05, 4.69) is 27.5 Å². The fourth-order valence-corrected chi connectivity index (χ4v) is 3.70. The van der Waals surface area contributed by atoms with Gasteiger partial charge in [-0.15, -0.1) is 0 Å². The Morgan fingerprint density at radius 2 is 2.14 bits per heavy atom. The zero-order chi connectivity index (χ0) is 20.8. The lowest BCUT2D eigenvalue weighted by atomic mass is 10.1. The van der Waals surface area contributed by atoms with Crippen LogP contribution in [0.4, 0.5) is 11.4 Å². The van der Waals surface area contributed by atoms with Crippen LogP contribution in [0.5, 0.6) is 5.75 Å². The van der Waals surface area contributed by atoms with Gasteiger partial charge in [0, 0.05) is 41.1 Å². The molecule has 0 aliphatic rings. The maximum absolute atomic E-state index is 12.1. The van der Waals surface area contributed by atoms with Crippen LogP contribution in [0.2, 0.25) is 5.02 Å². The Bertz CT molecular complexity index is 1000. The molecular formula is C22H25ClN4O2. The molecule has 3 aromatic rings. The van der Waals surface area contributed by atoms with Crippen molar-refractivity contribution in [3.05, 3.63) is 58.5 Å². The molecule has 0 saturated carbocycles. The summed E-state index contributed by atoms with van der Waals surface area (Å²) < 4.78 is 5.50. The van der Waals surface area contributed by atoms with Gasteiger partial charge in [-0.3, -0.25) is 9.78 Å². The molecule has 0 amide bonds. The lowest BCUT2D eigenvalue weighted by Crippen LogP contribution is -2.11. The zero-order valence-corrected chi connectivity index (χ0v) is 17.6. The largest absolute Gasteiger partial charge is 0.494 e. The molecule has 1 aromatic carbocycles. The lowest BCUT2D eigenvalue weighted by Gasteiger charge is -2.15. The molecule has 0 bridgehead atoms. The van der Waals surface area contributed by atoms with E-state index in [-0.39, 0.29) is 0 Å². The van der Waals surface area contributed by atoms with Crippen LogP contribution in [0.1, 0.15) is 28.5 Å². The number of likely N-dealkylation sites (N-methyl/N-ethyl adjacent to an activating group) is 1. The standard InChI is InChI=1S/C22H25ClN4O2/c1-4-14-17(23)6-5-7-18(14)26-22-16(13-28)19(9-10-24-2)27-21(22)15-8-11-25-12-20(15)29-3/h5-8,11-13,24,26-27H,4,9-10H2,1-3H3. The summed E-state index contributed by atoms with van der Waals surface area (Å²) in [4.78, 5) is 19.6. The summed E-state index contributed by atoms with van der Waals surface area (Å²) in [5, 5.41) is 7.27. The molecule has 0 fully saturated rings. The van der Waals surface area contributed by atoms with E-state index in [0.29, 0.717) is 28.4 Å². The SMILES string of the molecule is CCc1c(Cl)cccc1Nc1c(-c2ccncc2OC)[nH]c(CCNC)c1C=O. The van der Waals surface area contributed by atoms with Gasteiger partial charge in [-0.1, -0.05) is 24.6 Å². The number of ether oxygens (including phenoxy) is 1. The van der Waals surface area contributed by atoms with Gasteiger partial charge in [0.25, 0.3) is 0 Å². The fourth-order valence-electron chi connectivity index (χ4n) is 3.39. The van der Waals surface area contributed by atoms with E-state index < -0.39 is 0 Å². The lowest BCUT2D eigenvalue weighted by molar-refractivity contribution is 0.112. The van der Waals surface area contributed by atoms with Crippen LogP contribution >= 0.6 is 11.6 Å². The highest BCUT2D eigenvalue weighted by Crippen LogP contribution is 2.39. The second-order valence-electron chi connectivity index (χ2n) is 6.56. The summed E-state index contributed by atoms with van der Waals surface area (Å²) in [7, 11) is 3.49. The maximum atomic E-state index is 12.1. The van der Waals surface area contributed by atoms with Gasteiger partial charge in [0.1, 0.15) is 5.75 Å². The normalized spacial score (nSPS) is 10.8. The van der Waals surface area contributed by atoms with Crippen LogP contribution in [0.3, 0.4) is 0 Å². The molecule has 6 nitrogen and oxygen atoms in total. The molecule has 3 N–H and O–H groups in total. The van der Waals surface area contributed by atoms with Crippen molar-refractivity contribution in [2.75, 3.05) is 26.0 Å². The Morgan fingerprint density at radius 3 is 2.83 bits per heavy atom. The Labute approximate surface area is 175 Å². The van der Waals surface area contributed by atoms with Crippen molar-refractivity contribution in [2.45, 2.75) is 19.8 Å². The molecule has 0 aliphatic carbocycles. The summed E-state index contributed by atoms with van der Waals surface area (Å²) in [5.41, 5.74) is 5.62. The Balaban J connectivity index is 2.19. The number of H-pyrrole nitrogens is 1. The molecule has 29 heavy (non-hydrogen) atoms. The molecule has 2 aromatic heterocycles. The van der Waals surface area contributed by atoms with Gasteiger partial charge in [-0.05, 0) is 37.2 Å². The predicted octanol–water partition coefficient (Wildman–Crippen LogP) is 4.62. The molecule has 0 unspecified atom stereocenters. The second-order valence-corrected chi connectivity index (χ2v) is 6.97. The van der Waals surface area contributed by atoms with E-state index in [4.69, 9.17) is 16.3 Å². The van der Waals surface area contributed by atoms with Crippen LogP contribution in [-0.2, 0) is 12.8 Å². The number of rotatable bonds is 9. The molecule has 0 atom stereocenters. The van der Waals surface area contributed by atoms with Crippen molar-refractivity contribution in [2.24, 2.45) is 0 Å². The van der Waals surface area contributed by atoms with Gasteiger partial charge in [0.2, 0.25) is 0 Å². The number of pyridine rings is 1. The van der Waals surface area contributed by atoms with Crippen LogP contribution in [0.15, 0.2) is 36.7 Å². The number of aldehydes is 1. The molecule has 0 radical (unpaired) electrons. The fraction of sp³-hybridized carbons (Fsp3) is 0.273. The van der Waals surface area contributed by atoms with Crippen molar-refractivity contribution in [1.82, 2.24) is 15.3 Å². The van der Waals surface area contributed by atoms with Crippen LogP contribution in [0, 0.1) is 0 Å². The number of carbonyl (C=O) groups excluding carboxylic acids is 1. The Hall–Kier alpha value is -2.83. The number of aromatic nitrogens is 2. The smallest absolute Gasteiger partial charge is 0.153 e. The van der Waals surface area contributed by atoms with E-state index >= 15 is 0 Å². The van der Waals surface area contributed by atoms with Gasteiger partial charge in [-0.2, -0.15) is 0 Å². The Kier molecular flexibility index (Phi) is 6.90. The van der Waals surface area contributed by atoms with Gasteiger partial charge in [0.15, 0.2) is 6.29 Å². The number of nitrogens with zero attached hydrogens (tertiary/aromatic N) is 1. The van der Waals surface area contributed by atoms with Crippen LogP contribution < -0.4 is 15.4 Å². The predicted molar refractivity (Wildman–Crippen MR) is 118 cm³/mol. The number of hydrogen-bond donors (Lipinski definition) is 3. The summed E-state index contributed by atoms with van der Waals surface area (Å²) in [6.45, 7) is 2.79. The first-order chi connectivity index (χ1) is 14.1. The van der Waals surface area contributed by atoms with Gasteiger partial charge in [0.05, 0.1) is 30.3 Å². The Morgan fingerprint density at radius 1 is 1.31 bits per heavy atom. The maximum Gasteiger partial charge on any atom is 0.153 e. The number of methoxy groups -OCH3 is 1. The third kappa shape index (κ3) is 4.28. The van der Waals surface area contributed by atoms with Crippen molar-refractivity contribution in [3.8, 4) is 17.0 Å². The van der Waals surface area contributed by atoms with E-state index in [1.165, 1.54) is 0 Å². The van der Waals surface area contributed by atoms with E-state index in [1.54, 1.807) is 19.5 Å². The zero-order valence-electron chi connectivity index (χ0n) is 16.8. The first-order valence-electron chi connectivity index (χ1n) is 9.51. The van der Waals surface area contributed by atoms with E-state index in [9.17, 15) is 4.79 Å². The van der Waals surface area contributed by atoms with Gasteiger partial charge < -0.3 is 20.4 Å². The minimum absolute atomic E-state index is 0.594. The van der Waals surface area contributed by atoms with Crippen molar-refractivity contribution < 1.29 is 9.53 Å². The minimum atomic E-state index is 0.594. The van der Waals surface area contributed by atoms with E-state index in [1.807, 2.05) is 31.3 Å². The third-order valence-electron chi connectivity index (χ3n) is 4.87. The number of aromatic amines is 1. The van der Waals surface area contributed by atoms with E-state index in [0.717, 1.165) is 47.5 Å². The first-order valence-corrected chi connectivity index (χ1v) is 9.89. The quantitative estimate of drug-likeness (QED) is 0.447. The van der Waals surface area contributed by atoms with Crippen LogP contribution in [-0.4, -0.2) is 37.0 Å². The molecule has 152 valence electrons. The molecular weight excluding hydrogens is 388 g/mol. The average Bonchev–Trinajstić information content (AvgIpc) is 3.09. The molecule has 7 heteroatoms. The van der Waals surface area contributed by atoms with Crippen molar-refractivity contribution in [1.29, 1.82) is 0 Å². The summed E-state index contributed by atoms with van der Waals surface area (Å²) in [5.74, 6) is 0.622. The van der Waals surface area contributed by atoms with Crippen molar-refractivity contribution >= 4 is 29.3 Å². The van der Waals surface area contributed by atoms with Gasteiger partial charge >= 0.3 is 0 Å². The summed E-state index contributed by atoms with van der Waals surface area (Å²) >= 11 is 6.39. The molecule has 0 saturated heterocycles. The monoisotopic (exact) mass is 412 g/mol. The highest BCUT2D eigenvalue weighted by molar-refractivity contribution is 6.31. The number of halogens is 1. The topological polar surface area (TPSA) is 79.0 Å². The molecule has 2 heterocycles. The highest BCUT2D eigenvalue weighted by atomic mass is 35.5. The molecule has 0 spiro atoms. The summed E-state index contributed by atoms with van der Waals surface area (Å²) in [6, 6.07) is 7.60. The van der Waals surface area contributed by atoms with Crippen molar-refractivity contribution in [3.63, 3.8) is 0 Å². The van der Waals surface area contributed by atoms with Crippen LogP contribution in [0.25, 0.3) is 11.3 Å². The second kappa shape index (κ2) is 9.58. The average molecular weight is 413 g/mol. The number of carbonyl (C=O) groups is 1. The molecule has 3 rings (SSSR count). The number of anilines is 2.